The lowest BCUT2D eigenvalue weighted by molar-refractivity contribution is -0.0595. The normalized spacial score (nSPS) is 40.9. The van der Waals surface area contributed by atoms with Gasteiger partial charge in [0.25, 0.3) is 0 Å². The van der Waals surface area contributed by atoms with Crippen LogP contribution in [-0.4, -0.2) is 41.9 Å². The van der Waals surface area contributed by atoms with Crippen molar-refractivity contribution in [3.05, 3.63) is 11.5 Å². The van der Waals surface area contributed by atoms with Gasteiger partial charge in [-0.1, -0.05) is 6.08 Å². The lowest BCUT2D eigenvalue weighted by Crippen LogP contribution is -2.42. The maximum atomic E-state index is 5.41. The maximum absolute atomic E-state index is 5.41. The highest BCUT2D eigenvalue weighted by Gasteiger charge is 2.34. The molecule has 3 aliphatic heterocycles. The minimum atomic E-state index is 0.417. The molecular formula is C9H12N2OS. The molecule has 0 aliphatic carbocycles. The van der Waals surface area contributed by atoms with Crippen LogP contribution in [0.2, 0.25) is 0 Å². The molecule has 1 fully saturated rings. The molecule has 3 rings (SSSR count). The summed E-state index contributed by atoms with van der Waals surface area (Å²) in [6.45, 7) is 1.95. The Balaban J connectivity index is 1.64. The number of ether oxygens (including phenoxy) is 1. The molecule has 0 bridgehead atoms. The first-order valence-electron chi connectivity index (χ1n) is 4.66. The molecule has 4 heteroatoms. The number of thioether (sulfide) groups is 1. The van der Waals surface area contributed by atoms with Gasteiger partial charge in [0.05, 0.1) is 18.5 Å². The van der Waals surface area contributed by atoms with Gasteiger partial charge in [-0.3, -0.25) is 4.99 Å². The largest absolute Gasteiger partial charge is 0.376 e. The summed E-state index contributed by atoms with van der Waals surface area (Å²) < 4.78 is 5.41. The van der Waals surface area contributed by atoms with Gasteiger partial charge in [-0.15, -0.1) is 11.8 Å². The van der Waals surface area contributed by atoms with Gasteiger partial charge in [0.15, 0.2) is 0 Å². The molecular weight excluding hydrogens is 184 g/mol. The van der Waals surface area contributed by atoms with Crippen molar-refractivity contribution in [2.45, 2.75) is 23.9 Å². The minimum Gasteiger partial charge on any atom is -0.376 e. The van der Waals surface area contributed by atoms with Crippen LogP contribution in [0, 0.1) is 0 Å². The topological polar surface area (TPSA) is 24.8 Å². The number of hydrogen-bond acceptors (Lipinski definition) is 4. The Hall–Kier alpha value is -0.480. The van der Waals surface area contributed by atoms with Crippen molar-refractivity contribution >= 4 is 18.1 Å². The van der Waals surface area contributed by atoms with E-state index in [1.54, 1.807) is 0 Å². The van der Waals surface area contributed by atoms with Crippen molar-refractivity contribution in [3.8, 4) is 0 Å². The van der Waals surface area contributed by atoms with Crippen LogP contribution in [0.3, 0.4) is 0 Å². The van der Waals surface area contributed by atoms with Gasteiger partial charge < -0.3 is 9.64 Å². The third kappa shape index (κ3) is 1.28. The molecule has 0 aromatic heterocycles. The van der Waals surface area contributed by atoms with Crippen LogP contribution in [0.5, 0.6) is 0 Å². The molecule has 13 heavy (non-hydrogen) atoms. The fraction of sp³-hybridized carbons (Fsp3) is 0.667. The zero-order valence-electron chi connectivity index (χ0n) is 7.30. The van der Waals surface area contributed by atoms with Crippen molar-refractivity contribution in [2.75, 3.05) is 13.2 Å². The second-order valence-corrected chi connectivity index (χ2v) is 4.62. The van der Waals surface area contributed by atoms with Crippen molar-refractivity contribution in [2.24, 2.45) is 4.99 Å². The number of rotatable bonds is 2. The molecule has 3 nitrogen and oxygen atoms in total. The van der Waals surface area contributed by atoms with E-state index in [1.165, 1.54) is 6.42 Å². The third-order valence-corrected chi connectivity index (χ3v) is 3.73. The smallest absolute Gasteiger partial charge is 0.125 e. The van der Waals surface area contributed by atoms with Crippen molar-refractivity contribution in [3.63, 3.8) is 0 Å². The maximum Gasteiger partial charge on any atom is 0.125 e. The number of nitrogens with zero attached hydrogens (tertiary/aromatic N) is 2. The van der Waals surface area contributed by atoms with E-state index in [0.29, 0.717) is 17.5 Å². The van der Waals surface area contributed by atoms with E-state index in [2.05, 4.69) is 21.4 Å². The second-order valence-electron chi connectivity index (χ2n) is 3.59. The molecule has 0 amide bonds. The van der Waals surface area contributed by atoms with Gasteiger partial charge in [-0.25, -0.2) is 0 Å². The van der Waals surface area contributed by atoms with E-state index in [1.807, 2.05) is 18.1 Å². The first-order chi connectivity index (χ1) is 6.43. The van der Waals surface area contributed by atoms with E-state index in [0.717, 1.165) is 13.2 Å². The lowest BCUT2D eigenvalue weighted by Gasteiger charge is -2.32. The molecule has 0 saturated carbocycles. The zero-order chi connectivity index (χ0) is 8.67. The van der Waals surface area contributed by atoms with E-state index in [9.17, 15) is 0 Å². The second kappa shape index (κ2) is 3.03. The van der Waals surface area contributed by atoms with Crippen LogP contribution in [0.4, 0.5) is 0 Å². The van der Waals surface area contributed by atoms with Gasteiger partial charge in [-0.05, 0) is 11.8 Å². The van der Waals surface area contributed by atoms with Gasteiger partial charge >= 0.3 is 0 Å². The molecule has 0 N–H and O–H groups in total. The van der Waals surface area contributed by atoms with E-state index in [4.69, 9.17) is 4.74 Å². The molecule has 0 spiro atoms. The van der Waals surface area contributed by atoms with Crippen LogP contribution in [-0.2, 0) is 4.74 Å². The van der Waals surface area contributed by atoms with E-state index >= 15 is 0 Å². The Morgan fingerprint density at radius 2 is 2.54 bits per heavy atom. The summed E-state index contributed by atoms with van der Waals surface area (Å²) in [6, 6.07) is 0.495. The molecule has 0 aromatic rings. The summed E-state index contributed by atoms with van der Waals surface area (Å²) in [6.07, 6.45) is 5.87. The molecule has 70 valence electrons. The van der Waals surface area contributed by atoms with E-state index < -0.39 is 0 Å². The molecule has 2 unspecified atom stereocenters. The van der Waals surface area contributed by atoms with Gasteiger partial charge in [-0.2, -0.15) is 0 Å². The monoisotopic (exact) mass is 196 g/mol. The van der Waals surface area contributed by atoms with Crippen LogP contribution < -0.4 is 0 Å². The summed E-state index contributed by atoms with van der Waals surface area (Å²) >= 11 is 1.81. The molecule has 0 aromatic carbocycles. The van der Waals surface area contributed by atoms with Crippen LogP contribution in [0.25, 0.3) is 0 Å². The third-order valence-electron chi connectivity index (χ3n) is 2.74. The van der Waals surface area contributed by atoms with E-state index in [-0.39, 0.29) is 0 Å². The predicted octanol–water partition coefficient (Wildman–Crippen LogP) is 1.07. The Morgan fingerprint density at radius 3 is 3.31 bits per heavy atom. The fourth-order valence-corrected chi connectivity index (χ4v) is 2.79. The number of hydrogen-bond donors (Lipinski definition) is 0. The van der Waals surface area contributed by atoms with Crippen molar-refractivity contribution in [1.82, 2.24) is 4.90 Å². The number of fused-ring (bicyclic) bond motifs is 1. The summed E-state index contributed by atoms with van der Waals surface area (Å²) in [7, 11) is 0. The standard InChI is InChI=1S/C9H12N2OS/c1-3-12-7(1)5-11-6-10-9-8(11)2-4-13-9/h2,4,6-9H,1,3,5H2/t7-,8?,9?/m0/s1. The Morgan fingerprint density at radius 1 is 1.62 bits per heavy atom. The fourth-order valence-electron chi connectivity index (χ4n) is 1.84. The van der Waals surface area contributed by atoms with Crippen LogP contribution in [0.15, 0.2) is 16.5 Å². The Bertz CT molecular complexity index is 262. The van der Waals surface area contributed by atoms with Gasteiger partial charge in [0, 0.05) is 13.2 Å². The van der Waals surface area contributed by atoms with Crippen LogP contribution >= 0.6 is 11.8 Å². The highest BCUT2D eigenvalue weighted by atomic mass is 32.2. The molecule has 0 radical (unpaired) electrons. The minimum absolute atomic E-state index is 0.417. The molecule has 3 atom stereocenters. The predicted molar refractivity (Wildman–Crippen MR) is 53.9 cm³/mol. The van der Waals surface area contributed by atoms with Crippen LogP contribution in [0.1, 0.15) is 6.42 Å². The SMILES string of the molecule is C1=CC2C(N=CN2C[C@@H]2CCO2)S1. The van der Waals surface area contributed by atoms with Crippen molar-refractivity contribution in [1.29, 1.82) is 0 Å². The number of aliphatic imine (C=N–C) groups is 1. The summed E-state index contributed by atoms with van der Waals surface area (Å²) in [5, 5.41) is 2.57. The average Bonchev–Trinajstić information content (AvgIpc) is 2.58. The average molecular weight is 196 g/mol. The summed E-state index contributed by atoms with van der Waals surface area (Å²) in [4.78, 5) is 6.73. The van der Waals surface area contributed by atoms with Gasteiger partial charge in [0.1, 0.15) is 5.37 Å². The lowest BCUT2D eigenvalue weighted by atomic mass is 10.1. The Labute approximate surface area is 81.8 Å². The Kier molecular flexibility index (Phi) is 1.84. The van der Waals surface area contributed by atoms with Gasteiger partial charge in [0.2, 0.25) is 0 Å². The molecule has 3 heterocycles. The summed E-state index contributed by atoms with van der Waals surface area (Å²) in [5.41, 5.74) is 0. The highest BCUT2D eigenvalue weighted by Crippen LogP contribution is 2.32. The van der Waals surface area contributed by atoms with Crippen molar-refractivity contribution < 1.29 is 4.74 Å². The first-order valence-corrected chi connectivity index (χ1v) is 5.60. The summed E-state index contributed by atoms with van der Waals surface area (Å²) in [5.74, 6) is 0. The highest BCUT2D eigenvalue weighted by molar-refractivity contribution is 8.03. The molecule has 3 aliphatic rings. The zero-order valence-corrected chi connectivity index (χ0v) is 8.11. The first kappa shape index (κ1) is 7.88. The quantitative estimate of drug-likeness (QED) is 0.660. The molecule has 1 saturated heterocycles.